The van der Waals surface area contributed by atoms with Crippen molar-refractivity contribution in [2.75, 3.05) is 10.8 Å². The van der Waals surface area contributed by atoms with Gasteiger partial charge in [-0.3, -0.25) is 9.59 Å². The predicted molar refractivity (Wildman–Crippen MR) is 84.8 cm³/mol. The maximum Gasteiger partial charge on any atom is 0.324 e. The third-order valence-electron chi connectivity index (χ3n) is 3.30. The summed E-state index contributed by atoms with van der Waals surface area (Å²) in [4.78, 5) is 22.0. The van der Waals surface area contributed by atoms with E-state index in [-0.39, 0.29) is 16.3 Å². The van der Waals surface area contributed by atoms with Gasteiger partial charge in [0, 0.05) is 5.56 Å². The number of sulfonamides is 1. The summed E-state index contributed by atoms with van der Waals surface area (Å²) in [5, 5.41) is 20.5. The van der Waals surface area contributed by atoms with Crippen LogP contribution in [0.1, 0.15) is 10.4 Å². The number of carbonyl (C=O) groups excluding carboxylic acids is 1. The van der Waals surface area contributed by atoms with Crippen molar-refractivity contribution in [2.24, 2.45) is 0 Å². The van der Waals surface area contributed by atoms with E-state index in [4.69, 9.17) is 5.11 Å². The third-order valence-corrected chi connectivity index (χ3v) is 5.12. The second-order valence-electron chi connectivity index (χ2n) is 4.89. The van der Waals surface area contributed by atoms with E-state index in [1.165, 1.54) is 47.2 Å². The van der Waals surface area contributed by atoms with E-state index >= 15 is 0 Å². The highest BCUT2D eigenvalue weighted by Gasteiger charge is 2.30. The Kier molecular flexibility index (Phi) is 4.15. The van der Waals surface area contributed by atoms with Gasteiger partial charge in [0.1, 0.15) is 12.9 Å². The third kappa shape index (κ3) is 3.04. The van der Waals surface area contributed by atoms with Crippen molar-refractivity contribution in [2.45, 2.75) is 4.90 Å². The number of benzene rings is 1. The highest BCUT2D eigenvalue weighted by Crippen LogP contribution is 2.24. The minimum absolute atomic E-state index is 0.0803. The lowest BCUT2D eigenvalue weighted by molar-refractivity contribution is -0.135. The monoisotopic (exact) mass is 361 g/mol. The quantitative estimate of drug-likeness (QED) is 0.616. The van der Waals surface area contributed by atoms with E-state index in [2.05, 4.69) is 15.3 Å². The van der Waals surface area contributed by atoms with Gasteiger partial charge in [0.2, 0.25) is 0 Å². The van der Waals surface area contributed by atoms with E-state index in [1.807, 2.05) is 0 Å². The summed E-state index contributed by atoms with van der Waals surface area (Å²) >= 11 is 0. The number of carbonyl (C=O) groups is 2. The molecule has 11 heteroatoms. The molecule has 0 bridgehead atoms. The van der Waals surface area contributed by atoms with Crippen LogP contribution in [0.4, 0.5) is 5.82 Å². The van der Waals surface area contributed by atoms with Crippen molar-refractivity contribution < 1.29 is 23.1 Å². The lowest BCUT2D eigenvalue weighted by atomic mass is 10.2. The van der Waals surface area contributed by atoms with Gasteiger partial charge in [0.15, 0.2) is 17.8 Å². The zero-order valence-electron chi connectivity index (χ0n) is 12.6. The molecule has 3 aromatic rings. The molecule has 0 aliphatic heterocycles. The molecule has 10 nitrogen and oxygen atoms in total. The number of aldehydes is 1. The smallest absolute Gasteiger partial charge is 0.324 e. The molecule has 2 heterocycles. The Labute approximate surface area is 141 Å². The van der Waals surface area contributed by atoms with Gasteiger partial charge in [0.25, 0.3) is 10.0 Å². The molecule has 0 spiro atoms. The lowest BCUT2D eigenvalue weighted by Crippen LogP contribution is -2.37. The molecule has 25 heavy (non-hydrogen) atoms. The van der Waals surface area contributed by atoms with Crippen molar-refractivity contribution >= 4 is 33.7 Å². The van der Waals surface area contributed by atoms with E-state index in [0.717, 1.165) is 0 Å². The van der Waals surface area contributed by atoms with Gasteiger partial charge >= 0.3 is 5.97 Å². The van der Waals surface area contributed by atoms with Gasteiger partial charge in [-0.15, -0.1) is 15.3 Å². The molecule has 3 rings (SSSR count). The number of hydrogen-bond acceptors (Lipinski definition) is 7. The zero-order valence-corrected chi connectivity index (χ0v) is 13.4. The number of carboxylic acid groups (broad SMARTS) is 1. The van der Waals surface area contributed by atoms with Crippen molar-refractivity contribution in [3.05, 3.63) is 48.3 Å². The maximum absolute atomic E-state index is 12.9. The summed E-state index contributed by atoms with van der Waals surface area (Å²) in [6.45, 7) is -0.865. The van der Waals surface area contributed by atoms with Crippen LogP contribution in [-0.4, -0.2) is 52.1 Å². The number of anilines is 1. The summed E-state index contributed by atoms with van der Waals surface area (Å²) in [7, 11) is -4.34. The lowest BCUT2D eigenvalue weighted by Gasteiger charge is -2.22. The number of hydrogen-bond donors (Lipinski definition) is 1. The minimum Gasteiger partial charge on any atom is -0.480 e. The van der Waals surface area contributed by atoms with Crippen LogP contribution in [0.2, 0.25) is 0 Å². The Morgan fingerprint density at radius 1 is 1.24 bits per heavy atom. The molecule has 0 atom stereocenters. The Morgan fingerprint density at radius 2 is 2.00 bits per heavy atom. The number of nitrogens with zero attached hydrogens (tertiary/aromatic N) is 5. The number of carboxylic acids is 1. The maximum atomic E-state index is 12.9. The first kappa shape index (κ1) is 16.5. The zero-order chi connectivity index (χ0) is 18.0. The largest absolute Gasteiger partial charge is 0.480 e. The van der Waals surface area contributed by atoms with Crippen molar-refractivity contribution in [3.8, 4) is 0 Å². The number of rotatable bonds is 6. The number of aromatic nitrogens is 4. The van der Waals surface area contributed by atoms with Crippen LogP contribution in [0.5, 0.6) is 0 Å². The molecule has 0 saturated carbocycles. The molecule has 0 saturated heterocycles. The standard InChI is InChI=1S/C14H11N5O5S/c20-8-10-3-1-2-4-11(10)25(23,24)19(7-14(21)22)13-6-5-12-16-15-9-18(12)17-13/h1-6,8-9H,7H2,(H,21,22). The first-order chi connectivity index (χ1) is 11.9. The topological polar surface area (TPSA) is 135 Å². The van der Waals surface area contributed by atoms with E-state index in [1.54, 1.807) is 0 Å². The molecular formula is C14H11N5O5S. The van der Waals surface area contributed by atoms with Crippen LogP contribution in [0.25, 0.3) is 5.65 Å². The van der Waals surface area contributed by atoms with Crippen molar-refractivity contribution in [1.82, 2.24) is 19.8 Å². The molecule has 0 amide bonds. The van der Waals surface area contributed by atoms with E-state index in [9.17, 15) is 18.0 Å². The molecule has 0 aliphatic rings. The first-order valence-electron chi connectivity index (χ1n) is 6.89. The Hall–Kier alpha value is -3.34. The summed E-state index contributed by atoms with van der Waals surface area (Å²) in [6.07, 6.45) is 1.64. The normalized spacial score (nSPS) is 11.4. The molecule has 1 aromatic carbocycles. The van der Waals surface area contributed by atoms with Crippen LogP contribution >= 0.6 is 0 Å². The number of aliphatic carboxylic acids is 1. The Morgan fingerprint density at radius 3 is 2.72 bits per heavy atom. The van der Waals surface area contributed by atoms with E-state index in [0.29, 0.717) is 16.2 Å². The Bertz CT molecular complexity index is 1060. The van der Waals surface area contributed by atoms with Gasteiger partial charge in [-0.1, -0.05) is 18.2 Å². The summed E-state index contributed by atoms with van der Waals surface area (Å²) < 4.78 is 27.7. The Balaban J connectivity index is 2.17. The van der Waals surface area contributed by atoms with Crippen LogP contribution < -0.4 is 4.31 Å². The highest BCUT2D eigenvalue weighted by molar-refractivity contribution is 7.93. The molecule has 2 aromatic heterocycles. The molecule has 0 fully saturated rings. The van der Waals surface area contributed by atoms with Crippen molar-refractivity contribution in [1.29, 1.82) is 0 Å². The average molecular weight is 361 g/mol. The fourth-order valence-electron chi connectivity index (χ4n) is 2.19. The SMILES string of the molecule is O=Cc1ccccc1S(=O)(=O)N(CC(=O)O)c1ccc2nncn2n1. The molecule has 1 N–H and O–H groups in total. The summed E-state index contributed by atoms with van der Waals surface area (Å²) in [6, 6.07) is 8.26. The molecule has 0 aliphatic carbocycles. The molecule has 0 unspecified atom stereocenters. The molecule has 0 radical (unpaired) electrons. The fourth-order valence-corrected chi connectivity index (χ4v) is 3.72. The van der Waals surface area contributed by atoms with Gasteiger partial charge in [0.05, 0.1) is 4.90 Å². The fraction of sp³-hybridized carbons (Fsp3) is 0.0714. The minimum atomic E-state index is -4.34. The second-order valence-corrected chi connectivity index (χ2v) is 6.72. The first-order valence-corrected chi connectivity index (χ1v) is 8.33. The molecule has 128 valence electrons. The van der Waals surface area contributed by atoms with Gasteiger partial charge < -0.3 is 5.11 Å². The van der Waals surface area contributed by atoms with Crippen molar-refractivity contribution in [3.63, 3.8) is 0 Å². The van der Waals surface area contributed by atoms with Crippen LogP contribution in [0.3, 0.4) is 0 Å². The van der Waals surface area contributed by atoms with Crippen LogP contribution in [0, 0.1) is 0 Å². The predicted octanol–water partition coefficient (Wildman–Crippen LogP) is 0.217. The van der Waals surface area contributed by atoms with Gasteiger partial charge in [-0.05, 0) is 18.2 Å². The van der Waals surface area contributed by atoms with Gasteiger partial charge in [-0.2, -0.15) is 4.52 Å². The number of fused-ring (bicyclic) bond motifs is 1. The average Bonchev–Trinajstić information content (AvgIpc) is 3.07. The van der Waals surface area contributed by atoms with Crippen LogP contribution in [0.15, 0.2) is 47.6 Å². The second kappa shape index (κ2) is 6.28. The summed E-state index contributed by atoms with van der Waals surface area (Å²) in [5.41, 5.74) is 0.285. The van der Waals surface area contributed by atoms with Crippen LogP contribution in [-0.2, 0) is 14.8 Å². The highest BCUT2D eigenvalue weighted by atomic mass is 32.2. The van der Waals surface area contributed by atoms with Gasteiger partial charge in [-0.25, -0.2) is 12.7 Å². The van der Waals surface area contributed by atoms with E-state index < -0.39 is 22.5 Å². The summed E-state index contributed by atoms with van der Waals surface area (Å²) in [5.74, 6) is -1.52. The molecular weight excluding hydrogens is 350 g/mol.